The minimum Gasteiger partial charge on any atom is -0.465 e. The molecule has 6 nitrogen and oxygen atoms in total. The number of fused-ring (bicyclic) bond motifs is 4. The molecule has 3 fully saturated rings. The van der Waals surface area contributed by atoms with E-state index in [0.29, 0.717) is 25.1 Å². The molecule has 0 aliphatic carbocycles. The Hall–Kier alpha value is -2.93. The molecule has 0 atom stereocenters. The summed E-state index contributed by atoms with van der Waals surface area (Å²) in [5.41, 5.74) is 7.88. The molecule has 2 N–H and O–H groups in total. The Morgan fingerprint density at radius 3 is 1.97 bits per heavy atom. The van der Waals surface area contributed by atoms with Gasteiger partial charge in [-0.05, 0) is 86.6 Å². The number of nitrogens with two attached hydrogens (primary N) is 1. The molecule has 4 aliphatic rings. The van der Waals surface area contributed by atoms with Crippen LogP contribution in [0.3, 0.4) is 0 Å². The third-order valence-corrected chi connectivity index (χ3v) is 6.75. The van der Waals surface area contributed by atoms with Gasteiger partial charge in [0.25, 0.3) is 0 Å². The van der Waals surface area contributed by atoms with Crippen molar-refractivity contribution < 1.29 is 20.1 Å². The second-order valence-corrected chi connectivity index (χ2v) is 9.35. The number of halogens is 1. The van der Waals surface area contributed by atoms with Crippen LogP contribution < -0.4 is 5.73 Å². The van der Waals surface area contributed by atoms with E-state index in [1.54, 1.807) is 29.2 Å². The zero-order valence-corrected chi connectivity index (χ0v) is 22.0. The lowest BCUT2D eigenvalue weighted by Gasteiger charge is -2.38. The first-order valence-corrected chi connectivity index (χ1v) is 13.0. The van der Waals surface area contributed by atoms with Crippen LogP contribution in [0.4, 0.5) is 9.18 Å². The first kappa shape index (κ1) is 29.3. The molecule has 4 aliphatic heterocycles. The quantitative estimate of drug-likeness (QED) is 0.521. The number of hydrogen-bond acceptors (Lipinski definition) is 4. The number of amides is 2. The summed E-state index contributed by atoms with van der Waals surface area (Å²) in [5, 5.41) is 0. The number of ether oxygens (including phenoxy) is 1. The van der Waals surface area contributed by atoms with E-state index in [1.807, 2.05) is 12.1 Å². The number of unbranched alkanes of at least 4 members (excludes halogenated alkanes) is 1. The molecule has 2 bridgehead atoms. The summed E-state index contributed by atoms with van der Waals surface area (Å²) in [7, 11) is 1.36. The maximum absolute atomic E-state index is 11.9. The number of methoxy groups -OCH3 is 1. The minimum atomic E-state index is -0.410. The van der Waals surface area contributed by atoms with E-state index in [4.69, 9.17) is 5.73 Å². The Balaban J connectivity index is 0.000000284. The summed E-state index contributed by atoms with van der Waals surface area (Å²) in [6.07, 6.45) is 7.81. The van der Waals surface area contributed by atoms with Crippen molar-refractivity contribution in [2.24, 2.45) is 11.7 Å². The van der Waals surface area contributed by atoms with Crippen LogP contribution in [-0.4, -0.2) is 55.1 Å². The fraction of sp³-hybridized carbons (Fsp3) is 0.517. The van der Waals surface area contributed by atoms with E-state index in [0.717, 1.165) is 17.0 Å². The fourth-order valence-corrected chi connectivity index (χ4v) is 4.26. The normalized spacial score (nSPS) is 19.2. The fourth-order valence-electron chi connectivity index (χ4n) is 4.26. The van der Waals surface area contributed by atoms with Crippen LogP contribution >= 0.6 is 0 Å². The van der Waals surface area contributed by atoms with Crippen LogP contribution in [0.15, 0.2) is 48.5 Å². The van der Waals surface area contributed by atoms with Crippen molar-refractivity contribution in [3.05, 3.63) is 71.0 Å². The maximum atomic E-state index is 11.9. The number of carbonyl (C=O) groups is 2. The molecule has 3 saturated heterocycles. The van der Waals surface area contributed by atoms with Gasteiger partial charge in [-0.3, -0.25) is 0 Å². The highest BCUT2D eigenvalue weighted by atomic mass is 19.1. The number of benzene rings is 2. The van der Waals surface area contributed by atoms with Crippen LogP contribution in [0.5, 0.6) is 0 Å². The number of hydrogen-bond donors (Lipinski definition) is 1. The summed E-state index contributed by atoms with van der Waals surface area (Å²) in [5.74, 6) is 0.590. The Morgan fingerprint density at radius 1 is 0.972 bits per heavy atom. The molecule has 6 rings (SSSR count). The largest absolute Gasteiger partial charge is 0.465 e. The average molecular weight is 502 g/mol. The predicted octanol–water partition coefficient (Wildman–Crippen LogP) is 5.89. The smallest absolute Gasteiger partial charge is 0.337 e. The molecule has 4 heterocycles. The highest BCUT2D eigenvalue weighted by Gasteiger charge is 2.24. The van der Waals surface area contributed by atoms with Gasteiger partial charge >= 0.3 is 12.0 Å². The van der Waals surface area contributed by atoms with E-state index < -0.39 is 6.03 Å². The molecular formula is C29H44FN3O3. The van der Waals surface area contributed by atoms with Gasteiger partial charge in [0.2, 0.25) is 0 Å². The molecule has 0 unspecified atom stereocenters. The molecule has 2 aromatic rings. The number of nitrogens with zero attached hydrogens (tertiary/aromatic N) is 2. The molecule has 0 spiro atoms. The molecular weight excluding hydrogens is 457 g/mol. The van der Waals surface area contributed by atoms with Crippen molar-refractivity contribution in [2.45, 2.75) is 58.9 Å². The van der Waals surface area contributed by atoms with Gasteiger partial charge in [-0.15, -0.1) is 0 Å². The maximum Gasteiger partial charge on any atom is 0.337 e. The van der Waals surface area contributed by atoms with Crippen molar-refractivity contribution in [1.82, 2.24) is 9.80 Å². The lowest BCUT2D eigenvalue weighted by molar-refractivity contribution is 0.0600. The Labute approximate surface area is 217 Å². The van der Waals surface area contributed by atoms with E-state index in [9.17, 15) is 14.0 Å². The Kier molecular flexibility index (Phi) is 13.0. The van der Waals surface area contributed by atoms with Crippen LogP contribution in [0.1, 0.15) is 68.9 Å². The number of rotatable bonds is 2. The lowest BCUT2D eigenvalue weighted by Crippen LogP contribution is -2.41. The van der Waals surface area contributed by atoms with Gasteiger partial charge in [0.1, 0.15) is 5.82 Å². The zero-order valence-electron chi connectivity index (χ0n) is 22.0. The molecule has 2 amide bonds. The van der Waals surface area contributed by atoms with Gasteiger partial charge in [-0.2, -0.15) is 0 Å². The van der Waals surface area contributed by atoms with Crippen molar-refractivity contribution in [1.29, 1.82) is 0 Å². The van der Waals surface area contributed by atoms with Gasteiger partial charge in [-0.25, -0.2) is 14.0 Å². The third kappa shape index (κ3) is 9.97. The first-order valence-electron chi connectivity index (χ1n) is 13.0. The minimum absolute atomic E-state index is 0. The standard InChI is InChI=1S/C12H14N2O3.C7H13N.C6H5F.C4H10.H2/c1-17-11(15)9-2-3-10-7-14(12(13)16)5-4-8(10)6-9;1-4-8-5-2-7(1)3-6-8;7-6-4-2-1-3-5-6;1-3-4-2;/h2-3,6H,4-5,7H2,1H3,(H2,13,16);7H,1-6H2;1-5H;3-4H2,1-2H3;1H. The van der Waals surface area contributed by atoms with E-state index >= 15 is 0 Å². The number of piperidine rings is 3. The third-order valence-electron chi connectivity index (χ3n) is 6.75. The topological polar surface area (TPSA) is 75.9 Å². The first-order chi connectivity index (χ1) is 17.4. The molecule has 0 saturated carbocycles. The monoisotopic (exact) mass is 501 g/mol. The number of urea groups is 1. The number of carbonyl (C=O) groups excluding carboxylic acids is 2. The summed E-state index contributed by atoms with van der Waals surface area (Å²) >= 11 is 0. The van der Waals surface area contributed by atoms with Crippen molar-refractivity contribution in [2.75, 3.05) is 33.3 Å². The lowest BCUT2D eigenvalue weighted by atomic mass is 9.89. The van der Waals surface area contributed by atoms with Crippen molar-refractivity contribution in [3.8, 4) is 0 Å². The molecule has 2 aromatic carbocycles. The Morgan fingerprint density at radius 2 is 1.58 bits per heavy atom. The van der Waals surface area contributed by atoms with Crippen LogP contribution in [-0.2, 0) is 17.7 Å². The van der Waals surface area contributed by atoms with Crippen LogP contribution in [0.2, 0.25) is 0 Å². The van der Waals surface area contributed by atoms with Gasteiger partial charge in [0.05, 0.1) is 12.7 Å². The van der Waals surface area contributed by atoms with E-state index in [2.05, 4.69) is 23.5 Å². The second kappa shape index (κ2) is 15.9. The summed E-state index contributed by atoms with van der Waals surface area (Å²) in [4.78, 5) is 26.6. The summed E-state index contributed by atoms with van der Waals surface area (Å²) < 4.78 is 16.6. The summed E-state index contributed by atoms with van der Waals surface area (Å²) in [6, 6.07) is 12.9. The average Bonchev–Trinajstić information content (AvgIpc) is 2.94. The number of primary amides is 1. The molecule has 7 heteroatoms. The highest BCUT2D eigenvalue weighted by Crippen LogP contribution is 2.26. The summed E-state index contributed by atoms with van der Waals surface area (Å²) in [6.45, 7) is 9.64. The van der Waals surface area contributed by atoms with Crippen molar-refractivity contribution >= 4 is 12.0 Å². The van der Waals surface area contributed by atoms with Crippen molar-refractivity contribution in [3.63, 3.8) is 0 Å². The van der Waals surface area contributed by atoms with Crippen LogP contribution in [0.25, 0.3) is 0 Å². The van der Waals surface area contributed by atoms with E-state index in [1.165, 1.54) is 71.0 Å². The van der Waals surface area contributed by atoms with Gasteiger partial charge in [-0.1, -0.05) is 51.0 Å². The van der Waals surface area contributed by atoms with Gasteiger partial charge in [0.15, 0.2) is 0 Å². The SMILES string of the molecule is C1CN2CCC1CC2.CCCC.COC(=O)c1ccc2c(c1)CCN(C(N)=O)C2.Fc1ccccc1.[HH]. The highest BCUT2D eigenvalue weighted by molar-refractivity contribution is 5.89. The van der Waals surface area contributed by atoms with E-state index in [-0.39, 0.29) is 13.2 Å². The number of esters is 1. The Bertz CT molecular complexity index is 912. The predicted molar refractivity (Wildman–Crippen MR) is 144 cm³/mol. The molecule has 0 radical (unpaired) electrons. The molecule has 200 valence electrons. The van der Waals surface area contributed by atoms with Crippen LogP contribution in [0, 0.1) is 11.7 Å². The van der Waals surface area contributed by atoms with Gasteiger partial charge < -0.3 is 20.3 Å². The zero-order chi connectivity index (χ0) is 26.3. The molecule has 0 aromatic heterocycles. The van der Waals surface area contributed by atoms with Gasteiger partial charge in [0, 0.05) is 14.5 Å². The molecule has 36 heavy (non-hydrogen) atoms. The second-order valence-electron chi connectivity index (χ2n) is 9.35.